The first-order valence-corrected chi connectivity index (χ1v) is 7.11. The van der Waals surface area contributed by atoms with E-state index in [1.165, 1.54) is 19.3 Å². The van der Waals surface area contributed by atoms with Crippen LogP contribution in [0.4, 0.5) is 0 Å². The molecule has 0 aromatic heterocycles. The van der Waals surface area contributed by atoms with Crippen LogP contribution >= 0.6 is 0 Å². The molecule has 1 amide bonds. The van der Waals surface area contributed by atoms with Gasteiger partial charge in [0.25, 0.3) is 0 Å². The van der Waals surface area contributed by atoms with Crippen molar-refractivity contribution in [3.63, 3.8) is 0 Å². The van der Waals surface area contributed by atoms with Gasteiger partial charge in [-0.25, -0.2) is 0 Å². The van der Waals surface area contributed by atoms with E-state index in [9.17, 15) is 4.79 Å². The van der Waals surface area contributed by atoms with Crippen molar-refractivity contribution >= 4 is 5.91 Å². The molecule has 0 radical (unpaired) electrons. The minimum Gasteiger partial charge on any atom is -0.375 e. The number of hydrogen-bond acceptors (Lipinski definition) is 3. The van der Waals surface area contributed by atoms with Crippen molar-refractivity contribution in [2.24, 2.45) is 0 Å². The summed E-state index contributed by atoms with van der Waals surface area (Å²) < 4.78 is 5.59. The van der Waals surface area contributed by atoms with Crippen LogP contribution in [-0.4, -0.2) is 49.2 Å². The number of carbonyl (C=O) groups excluding carboxylic acids is 1. The maximum atomic E-state index is 11.8. The van der Waals surface area contributed by atoms with E-state index in [2.05, 4.69) is 5.32 Å². The molecule has 1 aliphatic rings. The first-order valence-electron chi connectivity index (χ1n) is 7.11. The largest absolute Gasteiger partial charge is 0.375 e. The Balaban J connectivity index is 1.98. The lowest BCUT2D eigenvalue weighted by molar-refractivity contribution is -0.132. The molecule has 0 atom stereocenters. The van der Waals surface area contributed by atoms with Gasteiger partial charge in [-0.05, 0) is 40.0 Å². The second-order valence-electron chi connectivity index (χ2n) is 5.90. The predicted molar refractivity (Wildman–Crippen MR) is 73.6 cm³/mol. The summed E-state index contributed by atoms with van der Waals surface area (Å²) in [6.07, 6.45) is 4.21. The second-order valence-corrected chi connectivity index (χ2v) is 5.90. The van der Waals surface area contributed by atoms with Crippen LogP contribution in [0.3, 0.4) is 0 Å². The average Bonchev–Trinajstić information content (AvgIpc) is 2.33. The molecule has 0 aromatic rings. The lowest BCUT2D eigenvalue weighted by Gasteiger charge is -2.26. The number of carbonyl (C=O) groups is 1. The molecule has 1 saturated heterocycles. The summed E-state index contributed by atoms with van der Waals surface area (Å²) in [6.45, 7) is 10.3. The summed E-state index contributed by atoms with van der Waals surface area (Å²) in [5, 5.41) is 3.26. The van der Waals surface area contributed by atoms with Gasteiger partial charge in [0.05, 0.1) is 12.2 Å². The number of likely N-dealkylation sites (tertiary alicyclic amines) is 1. The smallest absolute Gasteiger partial charge is 0.223 e. The average molecular weight is 256 g/mol. The summed E-state index contributed by atoms with van der Waals surface area (Å²) in [5.74, 6) is 0.291. The Labute approximate surface area is 111 Å². The third kappa shape index (κ3) is 6.97. The van der Waals surface area contributed by atoms with Crippen molar-refractivity contribution in [3.05, 3.63) is 0 Å². The van der Waals surface area contributed by atoms with Crippen LogP contribution in [0.15, 0.2) is 0 Å². The van der Waals surface area contributed by atoms with Gasteiger partial charge in [0.15, 0.2) is 0 Å². The Hall–Kier alpha value is -0.610. The number of nitrogens with zero attached hydrogens (tertiary/aromatic N) is 1. The highest BCUT2D eigenvalue weighted by Gasteiger charge is 2.15. The Bertz CT molecular complexity index is 243. The summed E-state index contributed by atoms with van der Waals surface area (Å²) in [5.41, 5.74) is -0.0781. The Kier molecular flexibility index (Phi) is 6.65. The van der Waals surface area contributed by atoms with Crippen LogP contribution in [0.2, 0.25) is 0 Å². The van der Waals surface area contributed by atoms with Gasteiger partial charge in [-0.2, -0.15) is 0 Å². The van der Waals surface area contributed by atoms with Crippen LogP contribution in [0.1, 0.15) is 46.5 Å². The number of ether oxygens (including phenoxy) is 1. The molecule has 4 nitrogen and oxygen atoms in total. The van der Waals surface area contributed by atoms with Gasteiger partial charge in [0, 0.05) is 32.6 Å². The van der Waals surface area contributed by atoms with Crippen molar-refractivity contribution in [3.8, 4) is 0 Å². The molecule has 0 bridgehead atoms. The Morgan fingerprint density at radius 2 is 1.83 bits per heavy atom. The van der Waals surface area contributed by atoms with E-state index in [0.29, 0.717) is 18.9 Å². The van der Waals surface area contributed by atoms with Crippen LogP contribution in [0.5, 0.6) is 0 Å². The predicted octanol–water partition coefficient (Wildman–Crippen LogP) is 1.79. The number of rotatable bonds is 6. The molecule has 0 saturated carbocycles. The summed E-state index contributed by atoms with van der Waals surface area (Å²) in [7, 11) is 0. The Morgan fingerprint density at radius 3 is 2.44 bits per heavy atom. The highest BCUT2D eigenvalue weighted by Crippen LogP contribution is 2.09. The molecule has 1 rings (SSSR count). The number of hydrogen-bond donors (Lipinski definition) is 1. The zero-order valence-electron chi connectivity index (χ0n) is 12.1. The van der Waals surface area contributed by atoms with Crippen molar-refractivity contribution in [1.29, 1.82) is 0 Å². The molecular formula is C14H28N2O2. The van der Waals surface area contributed by atoms with Crippen molar-refractivity contribution in [2.75, 3.05) is 32.8 Å². The normalized spacial score (nSPS) is 16.9. The van der Waals surface area contributed by atoms with E-state index in [0.717, 1.165) is 26.2 Å². The maximum Gasteiger partial charge on any atom is 0.223 e. The fourth-order valence-corrected chi connectivity index (χ4v) is 2.05. The van der Waals surface area contributed by atoms with E-state index in [-0.39, 0.29) is 5.60 Å². The third-order valence-electron chi connectivity index (χ3n) is 3.04. The van der Waals surface area contributed by atoms with E-state index < -0.39 is 0 Å². The van der Waals surface area contributed by atoms with Crippen LogP contribution < -0.4 is 5.32 Å². The van der Waals surface area contributed by atoms with Crippen molar-refractivity contribution < 1.29 is 9.53 Å². The fourth-order valence-electron chi connectivity index (χ4n) is 2.05. The van der Waals surface area contributed by atoms with Gasteiger partial charge in [0.1, 0.15) is 0 Å². The van der Waals surface area contributed by atoms with Gasteiger partial charge in [0.2, 0.25) is 5.91 Å². The highest BCUT2D eigenvalue weighted by molar-refractivity contribution is 5.76. The second kappa shape index (κ2) is 7.74. The summed E-state index contributed by atoms with van der Waals surface area (Å²) >= 11 is 0. The van der Waals surface area contributed by atoms with E-state index in [1.807, 2.05) is 25.7 Å². The zero-order valence-corrected chi connectivity index (χ0v) is 12.1. The summed E-state index contributed by atoms with van der Waals surface area (Å²) in [4.78, 5) is 13.8. The number of amides is 1. The standard InChI is InChI=1S/C14H28N2O2/c1-14(2,3)18-12-9-15-8-7-13(17)16-10-5-4-6-11-16/h15H,4-12H2,1-3H3. The SMILES string of the molecule is CC(C)(C)OCCNCCC(=O)N1CCCCC1. The van der Waals surface area contributed by atoms with Gasteiger partial charge in [-0.3, -0.25) is 4.79 Å². The maximum absolute atomic E-state index is 11.8. The minimum atomic E-state index is -0.0781. The molecule has 1 N–H and O–H groups in total. The van der Waals surface area contributed by atoms with Crippen LogP contribution in [0, 0.1) is 0 Å². The van der Waals surface area contributed by atoms with E-state index in [4.69, 9.17) is 4.74 Å². The van der Waals surface area contributed by atoms with Crippen LogP contribution in [-0.2, 0) is 9.53 Å². The van der Waals surface area contributed by atoms with Gasteiger partial charge in [-0.15, -0.1) is 0 Å². The molecular weight excluding hydrogens is 228 g/mol. The topological polar surface area (TPSA) is 41.6 Å². The lowest BCUT2D eigenvalue weighted by Crippen LogP contribution is -2.37. The van der Waals surface area contributed by atoms with E-state index >= 15 is 0 Å². The van der Waals surface area contributed by atoms with Gasteiger partial charge < -0.3 is 15.0 Å². The number of nitrogens with one attached hydrogen (secondary N) is 1. The molecule has 0 aliphatic carbocycles. The molecule has 1 heterocycles. The highest BCUT2D eigenvalue weighted by atomic mass is 16.5. The molecule has 1 fully saturated rings. The lowest BCUT2D eigenvalue weighted by atomic mass is 10.1. The molecule has 18 heavy (non-hydrogen) atoms. The molecule has 4 heteroatoms. The van der Waals surface area contributed by atoms with Gasteiger partial charge >= 0.3 is 0 Å². The number of piperidine rings is 1. The Morgan fingerprint density at radius 1 is 1.17 bits per heavy atom. The van der Waals surface area contributed by atoms with E-state index in [1.54, 1.807) is 0 Å². The molecule has 0 aromatic carbocycles. The first kappa shape index (κ1) is 15.4. The third-order valence-corrected chi connectivity index (χ3v) is 3.04. The van der Waals surface area contributed by atoms with Crippen molar-refractivity contribution in [1.82, 2.24) is 10.2 Å². The molecule has 0 unspecified atom stereocenters. The fraction of sp³-hybridized carbons (Fsp3) is 0.929. The zero-order chi connectivity index (χ0) is 13.4. The first-order chi connectivity index (χ1) is 8.49. The molecule has 106 valence electrons. The summed E-state index contributed by atoms with van der Waals surface area (Å²) in [6, 6.07) is 0. The minimum absolute atomic E-state index is 0.0781. The van der Waals surface area contributed by atoms with Crippen molar-refractivity contribution in [2.45, 2.75) is 52.1 Å². The van der Waals surface area contributed by atoms with Gasteiger partial charge in [-0.1, -0.05) is 0 Å². The quantitative estimate of drug-likeness (QED) is 0.737. The molecule has 1 aliphatic heterocycles. The molecule has 0 spiro atoms. The van der Waals surface area contributed by atoms with Crippen LogP contribution in [0.25, 0.3) is 0 Å². The monoisotopic (exact) mass is 256 g/mol.